The molecule has 6 heteroatoms. The number of nitrogens with zero attached hydrogens (tertiary/aromatic N) is 2. The Balaban J connectivity index is 1.80. The van der Waals surface area contributed by atoms with E-state index in [2.05, 4.69) is 11.9 Å². The highest BCUT2D eigenvalue weighted by Crippen LogP contribution is 2.34. The Bertz CT molecular complexity index is 1010. The first-order chi connectivity index (χ1) is 14.3. The zero-order chi connectivity index (χ0) is 21.8. The molecular weight excluding hydrogens is 394 g/mol. The van der Waals surface area contributed by atoms with E-state index in [1.807, 2.05) is 64.1 Å². The molecule has 0 aliphatic carbocycles. The van der Waals surface area contributed by atoms with Crippen molar-refractivity contribution < 1.29 is 9.59 Å². The van der Waals surface area contributed by atoms with Gasteiger partial charge in [0.25, 0.3) is 0 Å². The van der Waals surface area contributed by atoms with E-state index < -0.39 is 5.25 Å². The van der Waals surface area contributed by atoms with Gasteiger partial charge >= 0.3 is 0 Å². The van der Waals surface area contributed by atoms with E-state index in [1.165, 1.54) is 11.8 Å². The van der Waals surface area contributed by atoms with E-state index in [4.69, 9.17) is 4.99 Å². The number of carbonyl (C=O) groups is 2. The van der Waals surface area contributed by atoms with Gasteiger partial charge in [0, 0.05) is 18.7 Å². The number of anilines is 1. The number of carbonyl (C=O) groups excluding carboxylic acids is 2. The number of aliphatic imine (C=N–C) groups is 1. The maximum Gasteiger partial charge on any atom is 0.242 e. The van der Waals surface area contributed by atoms with E-state index >= 15 is 0 Å². The van der Waals surface area contributed by atoms with Crippen molar-refractivity contribution in [2.75, 3.05) is 11.9 Å². The SMILES string of the molecule is C=CCN1C(=O)C(CC(=O)Nc2cccc(C)c2C)SC1=Nc1c(C)cccc1C. The number of aryl methyl sites for hydroxylation is 3. The van der Waals surface area contributed by atoms with Crippen molar-refractivity contribution in [3.63, 3.8) is 0 Å². The van der Waals surface area contributed by atoms with Crippen molar-refractivity contribution in [1.29, 1.82) is 0 Å². The van der Waals surface area contributed by atoms with E-state index in [0.29, 0.717) is 11.7 Å². The third-order valence-electron chi connectivity index (χ3n) is 5.23. The summed E-state index contributed by atoms with van der Waals surface area (Å²) in [6.45, 7) is 12.1. The molecule has 2 aromatic carbocycles. The molecule has 1 unspecified atom stereocenters. The topological polar surface area (TPSA) is 61.8 Å². The van der Waals surface area contributed by atoms with Gasteiger partial charge in [-0.05, 0) is 56.0 Å². The van der Waals surface area contributed by atoms with Crippen LogP contribution in [-0.4, -0.2) is 33.7 Å². The molecule has 1 aliphatic heterocycles. The summed E-state index contributed by atoms with van der Waals surface area (Å²) in [5, 5.41) is 3.06. The van der Waals surface area contributed by atoms with Gasteiger partial charge in [-0.2, -0.15) is 0 Å². The van der Waals surface area contributed by atoms with E-state index in [1.54, 1.807) is 11.0 Å². The molecule has 156 valence electrons. The number of nitrogens with one attached hydrogen (secondary N) is 1. The van der Waals surface area contributed by atoms with Crippen molar-refractivity contribution in [1.82, 2.24) is 4.90 Å². The lowest BCUT2D eigenvalue weighted by Crippen LogP contribution is -2.33. The minimum absolute atomic E-state index is 0.0936. The molecule has 1 aliphatic rings. The van der Waals surface area contributed by atoms with Crippen LogP contribution >= 0.6 is 11.8 Å². The number of amidine groups is 1. The molecule has 0 bridgehead atoms. The van der Waals surface area contributed by atoms with Gasteiger partial charge in [-0.15, -0.1) is 6.58 Å². The van der Waals surface area contributed by atoms with Gasteiger partial charge in [0.1, 0.15) is 5.25 Å². The molecule has 1 heterocycles. The number of rotatable bonds is 6. The molecule has 1 atom stereocenters. The van der Waals surface area contributed by atoms with Gasteiger partial charge in [0.15, 0.2) is 5.17 Å². The molecule has 5 nitrogen and oxygen atoms in total. The van der Waals surface area contributed by atoms with Gasteiger partial charge in [-0.1, -0.05) is 48.2 Å². The Morgan fingerprint density at radius 3 is 2.43 bits per heavy atom. The zero-order valence-corrected chi connectivity index (χ0v) is 18.7. The van der Waals surface area contributed by atoms with Crippen LogP contribution in [0, 0.1) is 27.7 Å². The number of para-hydroxylation sites is 1. The van der Waals surface area contributed by atoms with Crippen molar-refractivity contribution in [2.45, 2.75) is 39.4 Å². The highest BCUT2D eigenvalue weighted by atomic mass is 32.2. The summed E-state index contributed by atoms with van der Waals surface area (Å²) in [7, 11) is 0. The Morgan fingerprint density at radius 2 is 1.77 bits per heavy atom. The summed E-state index contributed by atoms with van der Waals surface area (Å²) < 4.78 is 0. The van der Waals surface area contributed by atoms with Crippen LogP contribution in [0.25, 0.3) is 0 Å². The van der Waals surface area contributed by atoms with Gasteiger partial charge in [0.05, 0.1) is 5.69 Å². The van der Waals surface area contributed by atoms with Crippen LogP contribution in [0.3, 0.4) is 0 Å². The van der Waals surface area contributed by atoms with Crippen LogP contribution < -0.4 is 5.32 Å². The molecule has 2 amide bonds. The van der Waals surface area contributed by atoms with Crippen LogP contribution in [0.5, 0.6) is 0 Å². The third kappa shape index (κ3) is 4.65. The summed E-state index contributed by atoms with van der Waals surface area (Å²) in [5.41, 5.74) is 5.88. The molecule has 2 aromatic rings. The molecule has 1 N–H and O–H groups in total. The Labute approximate surface area is 182 Å². The number of thioether (sulfide) groups is 1. The Hall–Kier alpha value is -2.86. The fraction of sp³-hybridized carbons (Fsp3) is 0.292. The van der Waals surface area contributed by atoms with Gasteiger partial charge in [-0.25, -0.2) is 4.99 Å². The van der Waals surface area contributed by atoms with Crippen molar-refractivity contribution in [2.24, 2.45) is 4.99 Å². The third-order valence-corrected chi connectivity index (χ3v) is 6.40. The fourth-order valence-electron chi connectivity index (χ4n) is 3.36. The number of amides is 2. The molecule has 1 saturated heterocycles. The second-order valence-electron chi connectivity index (χ2n) is 7.48. The maximum absolute atomic E-state index is 13.0. The minimum atomic E-state index is -0.502. The molecule has 3 rings (SSSR count). The lowest BCUT2D eigenvalue weighted by molar-refractivity contribution is -0.127. The number of hydrogen-bond donors (Lipinski definition) is 1. The first kappa shape index (κ1) is 21.8. The highest BCUT2D eigenvalue weighted by Gasteiger charge is 2.38. The fourth-order valence-corrected chi connectivity index (χ4v) is 4.51. The lowest BCUT2D eigenvalue weighted by Gasteiger charge is -2.15. The standard InChI is InChI=1S/C24H27N3O2S/c1-6-13-27-23(29)20(14-21(28)25-19-12-8-9-15(2)18(19)5)30-24(27)26-22-16(3)10-7-11-17(22)4/h6-12,20H,1,13-14H2,2-5H3,(H,25,28). The van der Waals surface area contributed by atoms with E-state index in [-0.39, 0.29) is 18.2 Å². The summed E-state index contributed by atoms with van der Waals surface area (Å²) in [6, 6.07) is 11.8. The van der Waals surface area contributed by atoms with E-state index in [9.17, 15) is 9.59 Å². The molecule has 0 saturated carbocycles. The zero-order valence-electron chi connectivity index (χ0n) is 17.9. The van der Waals surface area contributed by atoms with Gasteiger partial charge < -0.3 is 5.32 Å². The molecule has 30 heavy (non-hydrogen) atoms. The molecule has 1 fully saturated rings. The van der Waals surface area contributed by atoms with Crippen molar-refractivity contribution in [3.8, 4) is 0 Å². The first-order valence-electron chi connectivity index (χ1n) is 9.91. The minimum Gasteiger partial charge on any atom is -0.326 e. The van der Waals surface area contributed by atoms with Crippen LogP contribution in [-0.2, 0) is 9.59 Å². The van der Waals surface area contributed by atoms with Crippen LogP contribution in [0.1, 0.15) is 28.7 Å². The van der Waals surface area contributed by atoms with Crippen LogP contribution in [0.4, 0.5) is 11.4 Å². The monoisotopic (exact) mass is 421 g/mol. The van der Waals surface area contributed by atoms with Crippen molar-refractivity contribution >= 4 is 40.1 Å². The Kier molecular flexibility index (Phi) is 6.77. The predicted molar refractivity (Wildman–Crippen MR) is 125 cm³/mol. The predicted octanol–water partition coefficient (Wildman–Crippen LogP) is 5.07. The number of hydrogen-bond acceptors (Lipinski definition) is 4. The Morgan fingerprint density at radius 1 is 1.13 bits per heavy atom. The van der Waals surface area contributed by atoms with Crippen LogP contribution in [0.2, 0.25) is 0 Å². The summed E-state index contributed by atoms with van der Waals surface area (Å²) >= 11 is 1.34. The molecule has 0 aromatic heterocycles. The highest BCUT2D eigenvalue weighted by molar-refractivity contribution is 8.15. The molecule has 0 spiro atoms. The second kappa shape index (κ2) is 9.30. The molecular formula is C24H27N3O2S. The largest absolute Gasteiger partial charge is 0.326 e. The summed E-state index contributed by atoms with van der Waals surface area (Å²) in [5.74, 6) is -0.289. The second-order valence-corrected chi connectivity index (χ2v) is 8.65. The van der Waals surface area contributed by atoms with Gasteiger partial charge in [0.2, 0.25) is 11.8 Å². The quantitative estimate of drug-likeness (QED) is 0.663. The smallest absolute Gasteiger partial charge is 0.242 e. The van der Waals surface area contributed by atoms with E-state index in [0.717, 1.165) is 33.6 Å². The van der Waals surface area contributed by atoms with Crippen molar-refractivity contribution in [3.05, 3.63) is 71.3 Å². The first-order valence-corrected chi connectivity index (χ1v) is 10.8. The maximum atomic E-state index is 13.0. The number of benzene rings is 2. The normalized spacial score (nSPS) is 17.5. The summed E-state index contributed by atoms with van der Waals surface area (Å²) in [4.78, 5) is 32.0. The summed E-state index contributed by atoms with van der Waals surface area (Å²) in [6.07, 6.45) is 1.77. The van der Waals surface area contributed by atoms with Crippen LogP contribution in [0.15, 0.2) is 54.0 Å². The van der Waals surface area contributed by atoms with Gasteiger partial charge in [-0.3, -0.25) is 14.5 Å². The molecule has 0 radical (unpaired) electrons. The average Bonchev–Trinajstić information content (AvgIpc) is 2.97. The lowest BCUT2D eigenvalue weighted by atomic mass is 10.1. The average molecular weight is 422 g/mol.